The van der Waals surface area contributed by atoms with Crippen LogP contribution in [0.25, 0.3) is 0 Å². The van der Waals surface area contributed by atoms with Crippen molar-refractivity contribution in [2.24, 2.45) is 0 Å². The molecule has 0 amide bonds. The Labute approximate surface area is 239 Å². The van der Waals surface area contributed by atoms with Crippen LogP contribution in [0, 0.1) is 0 Å². The van der Waals surface area contributed by atoms with E-state index in [1.165, 1.54) is 21.2 Å². The van der Waals surface area contributed by atoms with Gasteiger partial charge in [-0.25, -0.2) is 0 Å². The topological polar surface area (TPSA) is 0 Å². The molecule has 32 heavy (non-hydrogen) atoms. The first-order valence-electron chi connectivity index (χ1n) is 9.61. The molecule has 0 saturated carbocycles. The summed E-state index contributed by atoms with van der Waals surface area (Å²) in [6.07, 6.45) is 0. The van der Waals surface area contributed by atoms with Crippen molar-refractivity contribution in [2.75, 3.05) is 0 Å². The Morgan fingerprint density at radius 2 is 0.562 bits per heavy atom. The van der Waals surface area contributed by atoms with Crippen molar-refractivity contribution in [3.05, 3.63) is 133 Å². The summed E-state index contributed by atoms with van der Waals surface area (Å²) >= 11 is 8.68. The van der Waals surface area contributed by atoms with Crippen LogP contribution in [0.3, 0.4) is 0 Å². The second kappa shape index (κ2) is 17.8. The van der Waals surface area contributed by atoms with Gasteiger partial charge in [-0.05, 0) is 37.1 Å². The molecule has 6 heteroatoms. The zero-order valence-electron chi connectivity index (χ0n) is 17.0. The molecule has 4 aromatic carbocycles. The van der Waals surface area contributed by atoms with Gasteiger partial charge in [-0.1, -0.05) is 133 Å². The Morgan fingerprint density at radius 1 is 0.375 bits per heavy atom. The van der Waals surface area contributed by atoms with E-state index < -0.39 is 15.8 Å². The van der Waals surface area contributed by atoms with Crippen molar-refractivity contribution in [3.63, 3.8) is 0 Å². The van der Waals surface area contributed by atoms with E-state index in [0.717, 1.165) is 0 Å². The van der Waals surface area contributed by atoms with Crippen LogP contribution in [0.4, 0.5) is 0 Å². The van der Waals surface area contributed by atoms with Gasteiger partial charge in [0.1, 0.15) is 0 Å². The maximum atomic E-state index is 2.45. The molecule has 0 N–H and O–H groups in total. The van der Waals surface area contributed by atoms with Crippen LogP contribution in [-0.2, 0) is 34.5 Å². The molecule has 0 aliphatic rings. The van der Waals surface area contributed by atoms with Gasteiger partial charge in [-0.2, -0.15) is 0 Å². The average Bonchev–Trinajstić information content (AvgIpc) is 2.91. The molecule has 0 saturated heterocycles. The van der Waals surface area contributed by atoms with E-state index >= 15 is 0 Å². The zero-order chi connectivity index (χ0) is 23.0. The number of halogens is 2. The average molecular weight is 1040 g/mol. The summed E-state index contributed by atoms with van der Waals surface area (Å²) in [4.78, 5) is 0. The molecule has 0 atom stereocenters. The van der Waals surface area contributed by atoms with Crippen LogP contribution in [-0.4, -0.2) is 0 Å². The van der Waals surface area contributed by atoms with Gasteiger partial charge in [0.2, 0.25) is 0 Å². The summed E-state index contributed by atoms with van der Waals surface area (Å²) in [6.45, 7) is 0. The minimum absolute atomic E-state index is 0.528. The SMILES string of the molecule is C(=C/P(c1ccccc1)c1ccccc1)/P(c1ccccc1)c1ccccc1.[I][Au].[I][Au]. The maximum absolute atomic E-state index is 2.45. The molecule has 0 aliphatic carbocycles. The van der Waals surface area contributed by atoms with Crippen LogP contribution in [0.1, 0.15) is 0 Å². The molecule has 0 fully saturated rings. The van der Waals surface area contributed by atoms with Crippen molar-refractivity contribution in [2.45, 2.75) is 0 Å². The van der Waals surface area contributed by atoms with Gasteiger partial charge < -0.3 is 0 Å². The van der Waals surface area contributed by atoms with Crippen LogP contribution in [0.5, 0.6) is 0 Å². The van der Waals surface area contributed by atoms with Gasteiger partial charge in [0.15, 0.2) is 0 Å². The van der Waals surface area contributed by atoms with Crippen molar-refractivity contribution in [1.29, 1.82) is 0 Å². The minimum atomic E-state index is -0.528. The van der Waals surface area contributed by atoms with Gasteiger partial charge in [-0.3, -0.25) is 0 Å². The molecule has 4 rings (SSSR count). The summed E-state index contributed by atoms with van der Waals surface area (Å²) in [6, 6.07) is 43.4. The molecular weight excluding hydrogens is 1020 g/mol. The molecular formula is C26H22Au2I2P2. The molecule has 4 aromatic rings. The number of hydrogen-bond donors (Lipinski definition) is 0. The standard InChI is InChI=1S/C26H22P2.2Au.2HI/c1-5-13-23(14-6-1)27(24-15-7-2-8-16-24)21-22-28(25-17-9-3-10-18-25)26-19-11-4-12-20-26;;;;/h1-22H;;;2*1H/q;2*+1;;/p-2/b22-21-;;;;. The van der Waals surface area contributed by atoms with Gasteiger partial charge in [0.25, 0.3) is 0 Å². The van der Waals surface area contributed by atoms with Gasteiger partial charge in [0.05, 0.1) is 0 Å². The number of benzene rings is 4. The second-order valence-corrected chi connectivity index (χ2v) is 10.5. The van der Waals surface area contributed by atoms with Gasteiger partial charge >= 0.3 is 72.5 Å². The first-order valence-corrected chi connectivity index (χ1v) is 24.7. The van der Waals surface area contributed by atoms with Crippen LogP contribution < -0.4 is 21.2 Å². The zero-order valence-corrected chi connectivity index (χ0v) is 27.4. The van der Waals surface area contributed by atoms with E-state index in [0.29, 0.717) is 0 Å². The fourth-order valence-electron chi connectivity index (χ4n) is 3.13. The summed E-state index contributed by atoms with van der Waals surface area (Å²) in [5.74, 6) is 4.90. The Kier molecular flexibility index (Phi) is 15.9. The van der Waals surface area contributed by atoms with Crippen molar-refractivity contribution in [3.8, 4) is 0 Å². The molecule has 0 aromatic heterocycles. The Morgan fingerprint density at radius 3 is 0.750 bits per heavy atom. The molecule has 0 spiro atoms. The summed E-state index contributed by atoms with van der Waals surface area (Å²) < 4.78 is 0. The van der Waals surface area contributed by atoms with Crippen LogP contribution >= 0.6 is 53.9 Å². The van der Waals surface area contributed by atoms with E-state index in [1.807, 2.05) is 0 Å². The Balaban J connectivity index is 0.000000860. The Bertz CT molecular complexity index is 855. The molecule has 172 valence electrons. The fourth-order valence-corrected chi connectivity index (χ4v) is 7.45. The molecule has 0 unspecified atom stereocenters. The van der Waals surface area contributed by atoms with E-state index in [2.05, 4.69) is 206 Å². The monoisotopic (exact) mass is 1040 g/mol. The van der Waals surface area contributed by atoms with Crippen molar-refractivity contribution < 1.29 is 34.5 Å². The number of hydrogen-bond acceptors (Lipinski definition) is 0. The molecule has 0 radical (unpaired) electrons. The van der Waals surface area contributed by atoms with E-state index in [-0.39, 0.29) is 0 Å². The summed E-state index contributed by atoms with van der Waals surface area (Å²) in [7, 11) is -1.06. The first kappa shape index (κ1) is 28.7. The predicted molar refractivity (Wildman–Crippen MR) is 155 cm³/mol. The van der Waals surface area contributed by atoms with Crippen LogP contribution in [0.2, 0.25) is 0 Å². The Hall–Kier alpha value is 0.421. The number of rotatable bonds is 6. The predicted octanol–water partition coefficient (Wildman–Crippen LogP) is 7.49. The van der Waals surface area contributed by atoms with E-state index in [4.69, 9.17) is 0 Å². The van der Waals surface area contributed by atoms with Crippen molar-refractivity contribution in [1.82, 2.24) is 0 Å². The summed E-state index contributed by atoms with van der Waals surface area (Å²) in [5.41, 5.74) is 0. The fraction of sp³-hybridized carbons (Fsp3) is 0. The third-order valence-electron chi connectivity index (χ3n) is 4.50. The normalized spacial score (nSPS) is 10.4. The van der Waals surface area contributed by atoms with Gasteiger partial charge in [0, 0.05) is 0 Å². The van der Waals surface area contributed by atoms with E-state index in [9.17, 15) is 0 Å². The molecule has 0 nitrogen and oxygen atoms in total. The first-order chi connectivity index (χ1) is 15.9. The third-order valence-corrected chi connectivity index (χ3v) is 9.05. The van der Waals surface area contributed by atoms with Crippen molar-refractivity contribution >= 4 is 75.1 Å². The van der Waals surface area contributed by atoms with Gasteiger partial charge in [-0.15, -0.1) is 0 Å². The third kappa shape index (κ3) is 9.23. The summed E-state index contributed by atoms with van der Waals surface area (Å²) in [5, 5.41) is 5.54. The molecule has 0 heterocycles. The molecule has 0 bridgehead atoms. The molecule has 0 aliphatic heterocycles. The quantitative estimate of drug-likeness (QED) is 0.107. The van der Waals surface area contributed by atoms with Crippen LogP contribution in [0.15, 0.2) is 133 Å². The van der Waals surface area contributed by atoms with E-state index in [1.54, 1.807) is 0 Å². The second-order valence-electron chi connectivity index (χ2n) is 6.38.